The van der Waals surface area contributed by atoms with Crippen molar-refractivity contribution < 1.29 is 4.79 Å². The zero-order valence-electron chi connectivity index (χ0n) is 12.5. The Morgan fingerprint density at radius 2 is 1.83 bits per heavy atom. The van der Waals surface area contributed by atoms with E-state index in [4.69, 9.17) is 35.4 Å². The van der Waals surface area contributed by atoms with Gasteiger partial charge in [0.15, 0.2) is 5.11 Å². The summed E-state index contributed by atoms with van der Waals surface area (Å²) >= 11 is 17.2. The van der Waals surface area contributed by atoms with Crippen LogP contribution in [0, 0.1) is 13.8 Å². The smallest absolute Gasteiger partial charge is 0.269 e. The van der Waals surface area contributed by atoms with E-state index in [1.54, 1.807) is 24.3 Å². The van der Waals surface area contributed by atoms with Crippen LogP contribution in [0.1, 0.15) is 21.5 Å². The van der Waals surface area contributed by atoms with Gasteiger partial charge in [0.25, 0.3) is 5.91 Å². The van der Waals surface area contributed by atoms with Crippen molar-refractivity contribution in [2.45, 2.75) is 13.8 Å². The zero-order valence-corrected chi connectivity index (χ0v) is 14.9. The summed E-state index contributed by atoms with van der Waals surface area (Å²) in [6, 6.07) is 10.4. The SMILES string of the molecule is Cc1cc(C)c(NC(=S)NNC(=O)c2cccc(Cl)c2)c(Cl)c1. The van der Waals surface area contributed by atoms with E-state index in [-0.39, 0.29) is 11.0 Å². The average molecular weight is 368 g/mol. The third-order valence-electron chi connectivity index (χ3n) is 3.05. The van der Waals surface area contributed by atoms with Gasteiger partial charge in [-0.05, 0) is 61.5 Å². The van der Waals surface area contributed by atoms with Gasteiger partial charge in [0, 0.05) is 10.6 Å². The maximum Gasteiger partial charge on any atom is 0.269 e. The predicted molar refractivity (Wildman–Crippen MR) is 99.2 cm³/mol. The van der Waals surface area contributed by atoms with Crippen molar-refractivity contribution in [3.8, 4) is 0 Å². The number of carbonyl (C=O) groups excluding carboxylic acids is 1. The number of hydrazine groups is 1. The van der Waals surface area contributed by atoms with Gasteiger partial charge < -0.3 is 5.32 Å². The van der Waals surface area contributed by atoms with Crippen LogP contribution in [-0.2, 0) is 0 Å². The molecule has 1 amide bonds. The second kappa shape index (κ2) is 7.64. The van der Waals surface area contributed by atoms with Crippen molar-refractivity contribution in [2.75, 3.05) is 5.32 Å². The van der Waals surface area contributed by atoms with Gasteiger partial charge in [-0.15, -0.1) is 0 Å². The van der Waals surface area contributed by atoms with E-state index in [2.05, 4.69) is 16.2 Å². The number of aryl methyl sites for hydroxylation is 2. The number of carbonyl (C=O) groups is 1. The summed E-state index contributed by atoms with van der Waals surface area (Å²) in [5, 5.41) is 4.25. The van der Waals surface area contributed by atoms with E-state index in [0.29, 0.717) is 21.3 Å². The molecule has 0 saturated carbocycles. The molecular weight excluding hydrogens is 353 g/mol. The van der Waals surface area contributed by atoms with E-state index in [0.717, 1.165) is 11.1 Å². The second-order valence-corrected chi connectivity index (χ2v) is 6.23. The number of amides is 1. The quantitative estimate of drug-likeness (QED) is 0.548. The fourth-order valence-corrected chi connectivity index (χ4v) is 2.75. The Hall–Kier alpha value is -1.82. The second-order valence-electron chi connectivity index (χ2n) is 4.98. The van der Waals surface area contributed by atoms with Crippen LogP contribution in [-0.4, -0.2) is 11.0 Å². The molecule has 0 aromatic heterocycles. The minimum atomic E-state index is -0.344. The summed E-state index contributed by atoms with van der Waals surface area (Å²) in [5.74, 6) is -0.344. The molecule has 0 bridgehead atoms. The van der Waals surface area contributed by atoms with Crippen LogP contribution in [0.3, 0.4) is 0 Å². The summed E-state index contributed by atoms with van der Waals surface area (Å²) in [4.78, 5) is 12.0. The lowest BCUT2D eigenvalue weighted by Crippen LogP contribution is -2.43. The molecule has 0 aliphatic rings. The highest BCUT2D eigenvalue weighted by atomic mass is 35.5. The lowest BCUT2D eigenvalue weighted by Gasteiger charge is -2.15. The Bertz CT molecular complexity index is 742. The number of hydrogen-bond acceptors (Lipinski definition) is 2. The Balaban J connectivity index is 1.97. The Kier molecular flexibility index (Phi) is 5.82. The van der Waals surface area contributed by atoms with E-state index in [1.807, 2.05) is 26.0 Å². The topological polar surface area (TPSA) is 53.2 Å². The van der Waals surface area contributed by atoms with Crippen LogP contribution in [0.15, 0.2) is 36.4 Å². The van der Waals surface area contributed by atoms with Crippen LogP contribution in [0.5, 0.6) is 0 Å². The molecule has 0 fully saturated rings. The van der Waals surface area contributed by atoms with Gasteiger partial charge in [-0.25, -0.2) is 0 Å². The molecule has 2 aromatic carbocycles. The summed E-state index contributed by atoms with van der Waals surface area (Å²) in [7, 11) is 0. The van der Waals surface area contributed by atoms with Crippen LogP contribution in [0.4, 0.5) is 5.69 Å². The lowest BCUT2D eigenvalue weighted by molar-refractivity contribution is 0.0944. The highest BCUT2D eigenvalue weighted by molar-refractivity contribution is 7.80. The largest absolute Gasteiger partial charge is 0.330 e. The molecule has 0 spiro atoms. The van der Waals surface area contributed by atoms with E-state index >= 15 is 0 Å². The van der Waals surface area contributed by atoms with Crippen molar-refractivity contribution in [1.29, 1.82) is 0 Å². The molecule has 0 aliphatic carbocycles. The molecular formula is C16H15Cl2N3OS. The highest BCUT2D eigenvalue weighted by Gasteiger charge is 2.09. The van der Waals surface area contributed by atoms with Crippen molar-refractivity contribution in [3.05, 3.63) is 63.1 Å². The standard InChI is InChI=1S/C16H15Cl2N3OS/c1-9-6-10(2)14(13(18)7-9)19-16(23)21-20-15(22)11-4-3-5-12(17)8-11/h3-8H,1-2H3,(H,20,22)(H2,19,21,23). The minimum Gasteiger partial charge on any atom is -0.330 e. The minimum absolute atomic E-state index is 0.231. The molecule has 0 unspecified atom stereocenters. The number of halogens is 2. The number of benzene rings is 2. The predicted octanol–water partition coefficient (Wildman–Crippen LogP) is 4.24. The molecule has 0 heterocycles. The molecule has 0 aliphatic heterocycles. The Morgan fingerprint density at radius 3 is 2.48 bits per heavy atom. The van der Waals surface area contributed by atoms with Crippen molar-refractivity contribution >= 4 is 52.1 Å². The molecule has 120 valence electrons. The van der Waals surface area contributed by atoms with Gasteiger partial charge in [0.05, 0.1) is 10.7 Å². The Labute approximate surface area is 150 Å². The molecule has 4 nitrogen and oxygen atoms in total. The van der Waals surface area contributed by atoms with E-state index in [9.17, 15) is 4.79 Å². The number of hydrogen-bond donors (Lipinski definition) is 3. The summed E-state index contributed by atoms with van der Waals surface area (Å²) in [5.41, 5.74) is 8.29. The lowest BCUT2D eigenvalue weighted by atomic mass is 10.1. The first-order valence-corrected chi connectivity index (χ1v) is 7.93. The fraction of sp³-hybridized carbons (Fsp3) is 0.125. The van der Waals surface area contributed by atoms with Gasteiger partial charge in [0.1, 0.15) is 0 Å². The first-order valence-electron chi connectivity index (χ1n) is 6.76. The normalized spacial score (nSPS) is 10.1. The van der Waals surface area contributed by atoms with Gasteiger partial charge in [-0.1, -0.05) is 35.3 Å². The zero-order chi connectivity index (χ0) is 17.0. The highest BCUT2D eigenvalue weighted by Crippen LogP contribution is 2.27. The van der Waals surface area contributed by atoms with Crippen LogP contribution in [0.25, 0.3) is 0 Å². The summed E-state index contributed by atoms with van der Waals surface area (Å²) in [6.45, 7) is 3.89. The van der Waals surface area contributed by atoms with Crippen LogP contribution < -0.4 is 16.2 Å². The molecule has 0 atom stereocenters. The van der Waals surface area contributed by atoms with Gasteiger partial charge >= 0.3 is 0 Å². The van der Waals surface area contributed by atoms with Crippen molar-refractivity contribution in [2.24, 2.45) is 0 Å². The van der Waals surface area contributed by atoms with Crippen LogP contribution in [0.2, 0.25) is 10.0 Å². The van der Waals surface area contributed by atoms with Gasteiger partial charge in [-0.2, -0.15) is 0 Å². The molecule has 7 heteroatoms. The molecule has 23 heavy (non-hydrogen) atoms. The fourth-order valence-electron chi connectivity index (χ4n) is 2.03. The third kappa shape index (κ3) is 4.82. The number of thiocarbonyl (C=S) groups is 1. The average Bonchev–Trinajstić information content (AvgIpc) is 2.48. The van der Waals surface area contributed by atoms with E-state index < -0.39 is 0 Å². The molecule has 0 radical (unpaired) electrons. The molecule has 0 saturated heterocycles. The maximum absolute atomic E-state index is 12.0. The summed E-state index contributed by atoms with van der Waals surface area (Å²) < 4.78 is 0. The first-order chi connectivity index (χ1) is 10.9. The van der Waals surface area contributed by atoms with Crippen molar-refractivity contribution in [1.82, 2.24) is 10.9 Å². The first kappa shape index (κ1) is 17.5. The number of anilines is 1. The number of nitrogens with one attached hydrogen (secondary N) is 3. The molecule has 2 aromatic rings. The maximum atomic E-state index is 12.0. The number of rotatable bonds is 2. The van der Waals surface area contributed by atoms with Gasteiger partial charge in [0.2, 0.25) is 0 Å². The van der Waals surface area contributed by atoms with Gasteiger partial charge in [-0.3, -0.25) is 15.6 Å². The van der Waals surface area contributed by atoms with Crippen LogP contribution >= 0.6 is 35.4 Å². The third-order valence-corrected chi connectivity index (χ3v) is 3.78. The molecule has 3 N–H and O–H groups in total. The van der Waals surface area contributed by atoms with E-state index in [1.165, 1.54) is 0 Å². The Morgan fingerprint density at radius 1 is 1.09 bits per heavy atom. The molecule has 2 rings (SSSR count). The summed E-state index contributed by atoms with van der Waals surface area (Å²) in [6.07, 6.45) is 0. The van der Waals surface area contributed by atoms with Crippen molar-refractivity contribution in [3.63, 3.8) is 0 Å². The monoisotopic (exact) mass is 367 g/mol.